The Bertz CT molecular complexity index is 1060. The first-order valence-corrected chi connectivity index (χ1v) is 12.4. The smallest absolute Gasteiger partial charge is 0.232 e. The largest absolute Gasteiger partial charge is 0.467 e. The Morgan fingerprint density at radius 1 is 0.824 bits per heavy atom. The Balaban J connectivity index is 1.30. The Morgan fingerprint density at radius 3 is 2.18 bits per heavy atom. The van der Waals surface area contributed by atoms with E-state index in [2.05, 4.69) is 61.7 Å². The van der Waals surface area contributed by atoms with Crippen LogP contribution in [0, 0.1) is 0 Å². The molecular formula is C25H31N7OS. The molecular weight excluding hydrogens is 446 g/mol. The van der Waals surface area contributed by atoms with Crippen molar-refractivity contribution in [3.63, 3.8) is 0 Å². The van der Waals surface area contributed by atoms with Gasteiger partial charge in [-0.2, -0.15) is 9.97 Å². The molecule has 5 rings (SSSR count). The second-order valence-corrected chi connectivity index (χ2v) is 9.06. The van der Waals surface area contributed by atoms with E-state index in [1.54, 1.807) is 6.26 Å². The van der Waals surface area contributed by atoms with E-state index < -0.39 is 0 Å². The third-order valence-electron chi connectivity index (χ3n) is 6.33. The molecule has 9 heteroatoms. The van der Waals surface area contributed by atoms with Gasteiger partial charge in [-0.3, -0.25) is 0 Å². The van der Waals surface area contributed by atoms with Gasteiger partial charge in [-0.1, -0.05) is 18.2 Å². The van der Waals surface area contributed by atoms with Crippen molar-refractivity contribution in [1.29, 1.82) is 0 Å². The minimum atomic E-state index is 0.479. The van der Waals surface area contributed by atoms with E-state index in [1.807, 2.05) is 12.1 Å². The summed E-state index contributed by atoms with van der Waals surface area (Å²) in [5.74, 6) is 3.26. The van der Waals surface area contributed by atoms with E-state index in [9.17, 15) is 0 Å². The summed E-state index contributed by atoms with van der Waals surface area (Å²) in [5.41, 5.74) is 1.27. The average molecular weight is 478 g/mol. The fourth-order valence-corrected chi connectivity index (χ4v) is 4.65. The molecule has 0 amide bonds. The number of furan rings is 1. The van der Waals surface area contributed by atoms with Gasteiger partial charge in [0.1, 0.15) is 17.4 Å². The van der Waals surface area contributed by atoms with Gasteiger partial charge in [0.05, 0.1) is 12.8 Å². The van der Waals surface area contributed by atoms with Crippen molar-refractivity contribution in [3.05, 3.63) is 60.6 Å². The van der Waals surface area contributed by atoms with Crippen LogP contribution in [0.3, 0.4) is 0 Å². The minimum Gasteiger partial charge on any atom is -0.467 e. The monoisotopic (exact) mass is 477 g/mol. The molecule has 0 saturated carbocycles. The van der Waals surface area contributed by atoms with Crippen LogP contribution in [0.5, 0.6) is 0 Å². The molecule has 0 spiro atoms. The van der Waals surface area contributed by atoms with Gasteiger partial charge in [0.15, 0.2) is 5.11 Å². The standard InChI is InChI=1S/C25H31N7OS/c34-25(26-19-21-10-7-17-33-21)29-24-27-22(31-11-5-2-6-12-31)18-23(28-24)32-15-13-30(14-16-32)20-8-3-1-4-9-20/h1,3-4,7-10,17-18H,2,5-6,11-16,19H2,(H2,26,27,28,29,34). The van der Waals surface area contributed by atoms with E-state index in [1.165, 1.54) is 24.9 Å². The highest BCUT2D eigenvalue weighted by atomic mass is 32.1. The Labute approximate surface area is 206 Å². The van der Waals surface area contributed by atoms with E-state index in [4.69, 9.17) is 26.6 Å². The van der Waals surface area contributed by atoms with Crippen LogP contribution < -0.4 is 25.3 Å². The first-order chi connectivity index (χ1) is 16.7. The van der Waals surface area contributed by atoms with Gasteiger partial charge in [0.2, 0.25) is 5.95 Å². The highest BCUT2D eigenvalue weighted by Crippen LogP contribution is 2.26. The van der Waals surface area contributed by atoms with Crippen LogP contribution in [0.25, 0.3) is 0 Å². The predicted octanol–water partition coefficient (Wildman–Crippen LogP) is 3.87. The van der Waals surface area contributed by atoms with Crippen molar-refractivity contribution in [2.45, 2.75) is 25.8 Å². The van der Waals surface area contributed by atoms with Crippen LogP contribution in [0.2, 0.25) is 0 Å². The summed E-state index contributed by atoms with van der Waals surface area (Å²) in [6.45, 7) is 6.30. The van der Waals surface area contributed by atoms with Crippen molar-refractivity contribution in [3.8, 4) is 0 Å². The summed E-state index contributed by atoms with van der Waals surface area (Å²) in [6, 6.07) is 16.5. The second-order valence-electron chi connectivity index (χ2n) is 8.65. The topological polar surface area (TPSA) is 72.7 Å². The number of thiocarbonyl (C=S) groups is 1. The summed E-state index contributed by atoms with van der Waals surface area (Å²) in [7, 11) is 0. The van der Waals surface area contributed by atoms with Gasteiger partial charge in [0.25, 0.3) is 0 Å². The number of para-hydroxylation sites is 1. The Hall–Kier alpha value is -3.33. The summed E-state index contributed by atoms with van der Waals surface area (Å²) in [5, 5.41) is 6.84. The second kappa shape index (κ2) is 10.7. The maximum absolute atomic E-state index is 5.50. The SMILES string of the molecule is S=C(NCc1ccco1)Nc1nc(N2CCCCC2)cc(N2CCN(c3ccccc3)CC2)n1. The third-order valence-corrected chi connectivity index (χ3v) is 6.58. The predicted molar refractivity (Wildman–Crippen MR) is 141 cm³/mol. The molecule has 2 fully saturated rings. The van der Waals surface area contributed by atoms with Gasteiger partial charge < -0.3 is 29.8 Å². The fourth-order valence-electron chi connectivity index (χ4n) is 4.48. The van der Waals surface area contributed by atoms with Crippen LogP contribution in [0.4, 0.5) is 23.3 Å². The Morgan fingerprint density at radius 2 is 1.50 bits per heavy atom. The molecule has 0 radical (unpaired) electrons. The molecule has 3 aromatic rings. The molecule has 0 bridgehead atoms. The molecule has 0 aliphatic carbocycles. The van der Waals surface area contributed by atoms with Gasteiger partial charge in [-0.15, -0.1) is 0 Å². The van der Waals surface area contributed by atoms with Gasteiger partial charge in [0, 0.05) is 51.0 Å². The van der Waals surface area contributed by atoms with E-state index in [-0.39, 0.29) is 0 Å². The zero-order chi connectivity index (χ0) is 23.2. The van der Waals surface area contributed by atoms with E-state index >= 15 is 0 Å². The molecule has 2 aliphatic rings. The maximum atomic E-state index is 5.50. The summed E-state index contributed by atoms with van der Waals surface area (Å²) in [6.07, 6.45) is 5.33. The minimum absolute atomic E-state index is 0.479. The number of nitrogens with zero attached hydrogens (tertiary/aromatic N) is 5. The van der Waals surface area contributed by atoms with Crippen LogP contribution in [-0.2, 0) is 6.54 Å². The number of hydrogen-bond donors (Lipinski definition) is 2. The number of rotatable bonds is 6. The number of piperidine rings is 1. The molecule has 2 aromatic heterocycles. The van der Waals surface area contributed by atoms with E-state index in [0.717, 1.165) is 56.7 Å². The molecule has 2 N–H and O–H groups in total. The molecule has 34 heavy (non-hydrogen) atoms. The van der Waals surface area contributed by atoms with Crippen LogP contribution in [-0.4, -0.2) is 54.3 Å². The molecule has 8 nitrogen and oxygen atoms in total. The highest BCUT2D eigenvalue weighted by Gasteiger charge is 2.22. The number of piperazine rings is 1. The molecule has 0 atom stereocenters. The average Bonchev–Trinajstić information content (AvgIpc) is 3.42. The van der Waals surface area contributed by atoms with Crippen molar-refractivity contribution in [2.24, 2.45) is 0 Å². The quantitative estimate of drug-likeness (QED) is 0.515. The van der Waals surface area contributed by atoms with Gasteiger partial charge in [-0.25, -0.2) is 0 Å². The Kier molecular flexibility index (Phi) is 7.09. The number of nitrogens with one attached hydrogen (secondary N) is 2. The zero-order valence-electron chi connectivity index (χ0n) is 19.3. The van der Waals surface area contributed by atoms with Gasteiger partial charge in [-0.05, 0) is 55.7 Å². The fraction of sp³-hybridized carbons (Fsp3) is 0.400. The lowest BCUT2D eigenvalue weighted by Gasteiger charge is -2.37. The summed E-state index contributed by atoms with van der Waals surface area (Å²) in [4.78, 5) is 16.8. The van der Waals surface area contributed by atoms with Crippen LogP contribution >= 0.6 is 12.2 Å². The number of benzene rings is 1. The van der Waals surface area contributed by atoms with Crippen molar-refractivity contribution < 1.29 is 4.42 Å². The van der Waals surface area contributed by atoms with Crippen LogP contribution in [0.1, 0.15) is 25.0 Å². The molecule has 1 aromatic carbocycles. The first kappa shape index (κ1) is 22.5. The van der Waals surface area contributed by atoms with Crippen molar-refractivity contribution in [1.82, 2.24) is 15.3 Å². The van der Waals surface area contributed by atoms with Crippen molar-refractivity contribution in [2.75, 3.05) is 59.3 Å². The maximum Gasteiger partial charge on any atom is 0.232 e. The van der Waals surface area contributed by atoms with Gasteiger partial charge >= 0.3 is 0 Å². The lowest BCUT2D eigenvalue weighted by atomic mass is 10.1. The highest BCUT2D eigenvalue weighted by molar-refractivity contribution is 7.80. The summed E-state index contributed by atoms with van der Waals surface area (Å²) >= 11 is 5.50. The number of hydrogen-bond acceptors (Lipinski definition) is 7. The molecule has 4 heterocycles. The normalized spacial score (nSPS) is 16.4. The number of aromatic nitrogens is 2. The third kappa shape index (κ3) is 5.59. The molecule has 0 unspecified atom stereocenters. The molecule has 178 valence electrons. The number of anilines is 4. The molecule has 2 aliphatic heterocycles. The lowest BCUT2D eigenvalue weighted by molar-refractivity contribution is 0.503. The van der Waals surface area contributed by atoms with Crippen LogP contribution in [0.15, 0.2) is 59.2 Å². The lowest BCUT2D eigenvalue weighted by Crippen LogP contribution is -2.47. The summed E-state index contributed by atoms with van der Waals surface area (Å²) < 4.78 is 5.37. The first-order valence-electron chi connectivity index (χ1n) is 12.0. The zero-order valence-corrected chi connectivity index (χ0v) is 20.1. The molecule has 2 saturated heterocycles. The van der Waals surface area contributed by atoms with E-state index in [0.29, 0.717) is 17.6 Å². The van der Waals surface area contributed by atoms with Crippen molar-refractivity contribution >= 4 is 40.6 Å².